The zero-order chi connectivity index (χ0) is 17.9. The molecule has 0 aliphatic carbocycles. The molecular formula is C21H16N2O3. The van der Waals surface area contributed by atoms with Gasteiger partial charge in [0.1, 0.15) is 5.75 Å². The van der Waals surface area contributed by atoms with Gasteiger partial charge < -0.3 is 14.5 Å². The maximum Gasteiger partial charge on any atom is 0.348 e. The molecule has 4 rings (SSSR count). The first-order valence-corrected chi connectivity index (χ1v) is 8.19. The lowest BCUT2D eigenvalue weighted by Gasteiger charge is -2.12. The van der Waals surface area contributed by atoms with Crippen LogP contribution in [0.15, 0.2) is 82.0 Å². The van der Waals surface area contributed by atoms with E-state index in [1.807, 2.05) is 73.7 Å². The van der Waals surface area contributed by atoms with Crippen LogP contribution in [0.4, 0.5) is 11.7 Å². The summed E-state index contributed by atoms with van der Waals surface area (Å²) in [5.41, 5.74) is 1.83. The molecule has 0 atom stereocenters. The van der Waals surface area contributed by atoms with E-state index in [0.717, 1.165) is 5.56 Å². The Bertz CT molecular complexity index is 1120. The number of fused-ring (bicyclic) bond motifs is 1. The first-order chi connectivity index (χ1) is 12.7. The fourth-order valence-electron chi connectivity index (χ4n) is 2.62. The van der Waals surface area contributed by atoms with Crippen LogP contribution in [-0.4, -0.2) is 4.98 Å². The molecule has 1 heterocycles. The zero-order valence-corrected chi connectivity index (χ0v) is 14.1. The van der Waals surface area contributed by atoms with E-state index in [2.05, 4.69) is 10.3 Å². The van der Waals surface area contributed by atoms with Crippen LogP contribution >= 0.6 is 0 Å². The second-order valence-electron chi connectivity index (χ2n) is 5.86. The summed E-state index contributed by atoms with van der Waals surface area (Å²) < 4.78 is 11.2. The summed E-state index contributed by atoms with van der Waals surface area (Å²) in [5, 5.41) is 3.50. The molecule has 0 fully saturated rings. The summed E-state index contributed by atoms with van der Waals surface area (Å²) in [5.74, 6) is 1.32. The molecule has 0 bridgehead atoms. The van der Waals surface area contributed by atoms with E-state index in [1.165, 1.54) is 0 Å². The van der Waals surface area contributed by atoms with Crippen LogP contribution < -0.4 is 15.7 Å². The number of anilines is 2. The SMILES string of the molecule is Cc1ccc2c(=O)oc(Nc3ccccc3Oc3ccccc3)nc2c1. The minimum atomic E-state index is -0.432. The van der Waals surface area contributed by atoms with Crippen molar-refractivity contribution in [2.24, 2.45) is 0 Å². The minimum absolute atomic E-state index is 0.122. The quantitative estimate of drug-likeness (QED) is 0.562. The van der Waals surface area contributed by atoms with Crippen molar-refractivity contribution in [1.82, 2.24) is 4.98 Å². The fraction of sp³-hybridized carbons (Fsp3) is 0.0476. The monoisotopic (exact) mass is 344 g/mol. The first-order valence-electron chi connectivity index (χ1n) is 8.19. The van der Waals surface area contributed by atoms with E-state index in [-0.39, 0.29) is 6.01 Å². The number of para-hydroxylation sites is 3. The molecule has 1 aromatic heterocycles. The number of hydrogen-bond donors (Lipinski definition) is 1. The van der Waals surface area contributed by atoms with Gasteiger partial charge >= 0.3 is 11.6 Å². The third-order valence-electron chi connectivity index (χ3n) is 3.88. The van der Waals surface area contributed by atoms with Crippen LogP contribution in [0.2, 0.25) is 0 Å². The largest absolute Gasteiger partial charge is 0.455 e. The highest BCUT2D eigenvalue weighted by molar-refractivity contribution is 5.79. The first kappa shape index (κ1) is 15.9. The summed E-state index contributed by atoms with van der Waals surface area (Å²) in [4.78, 5) is 16.6. The van der Waals surface area contributed by atoms with Crippen LogP contribution in [0.1, 0.15) is 5.56 Å². The second-order valence-corrected chi connectivity index (χ2v) is 5.86. The third-order valence-corrected chi connectivity index (χ3v) is 3.88. The normalized spacial score (nSPS) is 10.7. The Hall–Kier alpha value is -3.60. The van der Waals surface area contributed by atoms with Crippen molar-refractivity contribution in [3.05, 3.63) is 88.8 Å². The van der Waals surface area contributed by atoms with E-state index in [1.54, 1.807) is 6.07 Å². The average molecular weight is 344 g/mol. The molecule has 0 spiro atoms. The van der Waals surface area contributed by atoms with Crippen LogP contribution in [0.3, 0.4) is 0 Å². The molecule has 0 amide bonds. The molecular weight excluding hydrogens is 328 g/mol. The molecule has 0 aliphatic rings. The second kappa shape index (κ2) is 6.72. The highest BCUT2D eigenvalue weighted by Gasteiger charge is 2.10. The Balaban J connectivity index is 1.70. The number of hydrogen-bond acceptors (Lipinski definition) is 5. The smallest absolute Gasteiger partial charge is 0.348 e. The van der Waals surface area contributed by atoms with Gasteiger partial charge in [0.2, 0.25) is 0 Å². The van der Waals surface area contributed by atoms with Gasteiger partial charge in [0, 0.05) is 0 Å². The molecule has 0 unspecified atom stereocenters. The number of aromatic nitrogens is 1. The summed E-state index contributed by atoms with van der Waals surface area (Å²) in [6.07, 6.45) is 0. The number of rotatable bonds is 4. The van der Waals surface area contributed by atoms with Crippen molar-refractivity contribution in [3.8, 4) is 11.5 Å². The van der Waals surface area contributed by atoms with Crippen molar-refractivity contribution in [2.45, 2.75) is 6.92 Å². The molecule has 0 saturated carbocycles. The van der Waals surface area contributed by atoms with Crippen LogP contribution in [-0.2, 0) is 0 Å². The van der Waals surface area contributed by atoms with Gasteiger partial charge in [-0.2, -0.15) is 4.98 Å². The summed E-state index contributed by atoms with van der Waals surface area (Å²) >= 11 is 0. The fourth-order valence-corrected chi connectivity index (χ4v) is 2.62. The molecule has 0 aliphatic heterocycles. The Morgan fingerprint density at radius 1 is 0.962 bits per heavy atom. The van der Waals surface area contributed by atoms with E-state index in [9.17, 15) is 4.79 Å². The van der Waals surface area contributed by atoms with Crippen molar-refractivity contribution < 1.29 is 9.15 Å². The lowest BCUT2D eigenvalue weighted by atomic mass is 10.2. The third kappa shape index (κ3) is 3.28. The van der Waals surface area contributed by atoms with E-state index < -0.39 is 5.63 Å². The highest BCUT2D eigenvalue weighted by atomic mass is 16.5. The Morgan fingerprint density at radius 2 is 1.73 bits per heavy atom. The van der Waals surface area contributed by atoms with Crippen LogP contribution in [0, 0.1) is 6.92 Å². The summed E-state index contributed by atoms with van der Waals surface area (Å²) in [6.45, 7) is 1.95. The lowest BCUT2D eigenvalue weighted by Crippen LogP contribution is -2.05. The van der Waals surface area contributed by atoms with Crippen molar-refractivity contribution in [3.63, 3.8) is 0 Å². The highest BCUT2D eigenvalue weighted by Crippen LogP contribution is 2.31. The predicted octanol–water partition coefficient (Wildman–Crippen LogP) is 5.03. The Kier molecular flexibility index (Phi) is 4.11. The van der Waals surface area contributed by atoms with Crippen molar-refractivity contribution in [2.75, 3.05) is 5.32 Å². The molecule has 3 aromatic carbocycles. The predicted molar refractivity (Wildman–Crippen MR) is 101 cm³/mol. The number of nitrogens with one attached hydrogen (secondary N) is 1. The molecule has 4 aromatic rings. The topological polar surface area (TPSA) is 64.4 Å². The number of nitrogens with zero attached hydrogens (tertiary/aromatic N) is 1. The number of benzene rings is 3. The van der Waals surface area contributed by atoms with Crippen LogP contribution in [0.25, 0.3) is 10.9 Å². The van der Waals surface area contributed by atoms with Gasteiger partial charge in [-0.05, 0) is 48.9 Å². The Morgan fingerprint density at radius 3 is 2.58 bits per heavy atom. The molecule has 128 valence electrons. The van der Waals surface area contributed by atoms with Gasteiger partial charge in [0.25, 0.3) is 0 Å². The number of ether oxygens (including phenoxy) is 1. The lowest BCUT2D eigenvalue weighted by molar-refractivity contribution is 0.482. The van der Waals surface area contributed by atoms with Gasteiger partial charge in [-0.15, -0.1) is 0 Å². The Labute approximate surface area is 149 Å². The molecule has 1 N–H and O–H groups in total. The standard InChI is InChI=1S/C21H16N2O3/c1-14-11-12-16-18(13-14)23-21(26-20(16)24)22-17-9-5-6-10-19(17)25-15-7-3-2-4-8-15/h2-13H,1H3,(H,22,23). The van der Waals surface area contributed by atoms with Crippen molar-refractivity contribution in [1.29, 1.82) is 0 Å². The molecule has 26 heavy (non-hydrogen) atoms. The summed E-state index contributed by atoms with van der Waals surface area (Å²) in [7, 11) is 0. The maximum atomic E-state index is 12.2. The van der Waals surface area contributed by atoms with E-state index in [0.29, 0.717) is 28.1 Å². The molecule has 5 nitrogen and oxygen atoms in total. The van der Waals surface area contributed by atoms with Crippen LogP contribution in [0.5, 0.6) is 11.5 Å². The molecule has 0 radical (unpaired) electrons. The maximum absolute atomic E-state index is 12.2. The van der Waals surface area contributed by atoms with Gasteiger partial charge in [0.15, 0.2) is 5.75 Å². The van der Waals surface area contributed by atoms with Gasteiger partial charge in [-0.3, -0.25) is 0 Å². The number of aryl methyl sites for hydroxylation is 1. The zero-order valence-electron chi connectivity index (χ0n) is 14.1. The summed E-state index contributed by atoms with van der Waals surface area (Å²) in [6, 6.07) is 22.4. The molecule has 0 saturated heterocycles. The molecule has 5 heteroatoms. The van der Waals surface area contributed by atoms with E-state index in [4.69, 9.17) is 9.15 Å². The van der Waals surface area contributed by atoms with Gasteiger partial charge in [-0.25, -0.2) is 4.79 Å². The van der Waals surface area contributed by atoms with Gasteiger partial charge in [-0.1, -0.05) is 36.4 Å². The average Bonchev–Trinajstić information content (AvgIpc) is 2.64. The van der Waals surface area contributed by atoms with Gasteiger partial charge in [0.05, 0.1) is 16.6 Å². The van der Waals surface area contributed by atoms with Crippen molar-refractivity contribution >= 4 is 22.6 Å². The minimum Gasteiger partial charge on any atom is -0.455 e. The van der Waals surface area contributed by atoms with E-state index >= 15 is 0 Å².